The monoisotopic (exact) mass is 699 g/mol. The maximum absolute atomic E-state index is 14.1. The van der Waals surface area contributed by atoms with Crippen molar-refractivity contribution < 1.29 is 42.9 Å². The highest BCUT2D eigenvalue weighted by Crippen LogP contribution is 2.39. The van der Waals surface area contributed by atoms with Gasteiger partial charge in [-0.2, -0.15) is 0 Å². The van der Waals surface area contributed by atoms with Crippen LogP contribution in [0.2, 0.25) is 0 Å². The summed E-state index contributed by atoms with van der Waals surface area (Å²) in [6, 6.07) is 18.7. The second-order valence-electron chi connectivity index (χ2n) is 13.6. The van der Waals surface area contributed by atoms with Gasteiger partial charge in [-0.25, -0.2) is 4.79 Å². The normalized spacial score (nSPS) is 17.1. The lowest BCUT2D eigenvalue weighted by Gasteiger charge is -2.29. The Morgan fingerprint density at radius 1 is 0.922 bits per heavy atom. The number of Topliss-reactive ketones (excluding diaryl/α,β-unsaturated/α-hetero) is 1. The zero-order valence-electron chi connectivity index (χ0n) is 29.4. The van der Waals surface area contributed by atoms with Gasteiger partial charge in [0, 0.05) is 13.0 Å². The number of amides is 3. The van der Waals surface area contributed by atoms with Gasteiger partial charge in [0.1, 0.15) is 41.8 Å². The third-order valence-electron chi connectivity index (χ3n) is 8.61. The number of ether oxygens (including phenoxy) is 4. The van der Waals surface area contributed by atoms with E-state index in [-0.39, 0.29) is 25.2 Å². The first kappa shape index (κ1) is 37.0. The van der Waals surface area contributed by atoms with Gasteiger partial charge >= 0.3 is 12.1 Å². The summed E-state index contributed by atoms with van der Waals surface area (Å²) in [7, 11) is 1.53. The van der Waals surface area contributed by atoms with E-state index in [1.54, 1.807) is 45.0 Å². The molecule has 2 N–H and O–H groups in total. The Balaban J connectivity index is 1.28. The smallest absolute Gasteiger partial charge is 0.413 e. The standard InChI is InChI=1S/C39H45N3O9/c1-39(2,3)51-34(44)23-31(33(43)24-49-21-9-12-25-10-6-5-7-11-25)40-36(45)32-22-27-14-8-13-26-15-20-30(37(46)42(32)35(26)27)41-38(47)50-29-18-16-28(48-4)17-19-29/h5-8,10-11,13-14,16-19,30-32H,9,12,15,20-24H2,1-4H3,(H,40,45)(H,41,47). The molecule has 0 spiro atoms. The summed E-state index contributed by atoms with van der Waals surface area (Å²) in [5.41, 5.74) is 2.61. The van der Waals surface area contributed by atoms with Crippen LogP contribution in [-0.4, -0.2) is 73.7 Å². The molecule has 3 amide bonds. The zero-order chi connectivity index (χ0) is 36.5. The van der Waals surface area contributed by atoms with Crippen LogP contribution < -0.4 is 25.0 Å². The van der Waals surface area contributed by atoms with Gasteiger partial charge in [0.15, 0.2) is 5.78 Å². The summed E-state index contributed by atoms with van der Waals surface area (Å²) >= 11 is 0. The fourth-order valence-corrected chi connectivity index (χ4v) is 6.26. The minimum absolute atomic E-state index is 0.188. The van der Waals surface area contributed by atoms with E-state index in [1.807, 2.05) is 48.5 Å². The summed E-state index contributed by atoms with van der Waals surface area (Å²) in [5.74, 6) is -1.39. The van der Waals surface area contributed by atoms with Gasteiger partial charge in [-0.15, -0.1) is 0 Å². The SMILES string of the molecule is COc1ccc(OC(=O)NC2CCc3cccc4c3N(C2=O)C(C(=O)NC(CC(=O)OC(C)(C)C)C(=O)COCCCc2ccccc2)C4)cc1. The van der Waals surface area contributed by atoms with Crippen LogP contribution in [0.4, 0.5) is 10.5 Å². The number of rotatable bonds is 14. The van der Waals surface area contributed by atoms with E-state index in [0.717, 1.165) is 23.1 Å². The molecular formula is C39H45N3O9. The largest absolute Gasteiger partial charge is 0.497 e. The van der Waals surface area contributed by atoms with Gasteiger partial charge in [-0.1, -0.05) is 48.5 Å². The minimum atomic E-state index is -1.25. The van der Waals surface area contributed by atoms with E-state index in [4.69, 9.17) is 18.9 Å². The Labute approximate surface area is 297 Å². The summed E-state index contributed by atoms with van der Waals surface area (Å²) in [6.45, 7) is 5.14. The molecule has 0 saturated heterocycles. The Kier molecular flexibility index (Phi) is 12.1. The molecule has 3 aromatic rings. The molecule has 0 aliphatic carbocycles. The molecule has 5 rings (SSSR count). The molecule has 12 nitrogen and oxygen atoms in total. The summed E-state index contributed by atoms with van der Waals surface area (Å²) in [5, 5.41) is 5.41. The van der Waals surface area contributed by atoms with Crippen molar-refractivity contribution in [1.29, 1.82) is 0 Å². The molecule has 0 bridgehead atoms. The molecule has 12 heteroatoms. The number of ketones is 1. The van der Waals surface area contributed by atoms with E-state index in [9.17, 15) is 24.0 Å². The van der Waals surface area contributed by atoms with Gasteiger partial charge in [0.25, 0.3) is 0 Å². The third-order valence-corrected chi connectivity index (χ3v) is 8.61. The van der Waals surface area contributed by atoms with Gasteiger partial charge in [-0.3, -0.25) is 24.1 Å². The fraction of sp³-hybridized carbons (Fsp3) is 0.410. The number of nitrogens with one attached hydrogen (secondary N) is 2. The number of aryl methyl sites for hydroxylation is 2. The first-order valence-electron chi connectivity index (χ1n) is 17.1. The number of methoxy groups -OCH3 is 1. The topological polar surface area (TPSA) is 150 Å². The number of benzene rings is 3. The molecule has 3 atom stereocenters. The van der Waals surface area contributed by atoms with E-state index in [1.165, 1.54) is 12.0 Å². The fourth-order valence-electron chi connectivity index (χ4n) is 6.26. The van der Waals surface area contributed by atoms with Crippen molar-refractivity contribution in [3.8, 4) is 11.5 Å². The van der Waals surface area contributed by atoms with E-state index < -0.39 is 59.8 Å². The molecule has 0 fully saturated rings. The molecule has 2 heterocycles. The molecule has 2 aliphatic heterocycles. The Hall–Kier alpha value is -5.23. The maximum Gasteiger partial charge on any atom is 0.413 e. The molecule has 0 aromatic heterocycles. The van der Waals surface area contributed by atoms with Gasteiger partial charge in [0.05, 0.1) is 19.2 Å². The van der Waals surface area contributed by atoms with Crippen LogP contribution in [0.3, 0.4) is 0 Å². The van der Waals surface area contributed by atoms with E-state index in [0.29, 0.717) is 30.9 Å². The van der Waals surface area contributed by atoms with Crippen molar-refractivity contribution in [3.63, 3.8) is 0 Å². The number of hydrogen-bond donors (Lipinski definition) is 2. The lowest BCUT2D eigenvalue weighted by Crippen LogP contribution is -2.57. The van der Waals surface area contributed by atoms with Crippen LogP contribution in [0.25, 0.3) is 0 Å². The molecule has 51 heavy (non-hydrogen) atoms. The van der Waals surface area contributed by atoms with Crippen LogP contribution in [0, 0.1) is 0 Å². The van der Waals surface area contributed by atoms with E-state index in [2.05, 4.69) is 10.6 Å². The molecule has 0 radical (unpaired) electrons. The van der Waals surface area contributed by atoms with Crippen LogP contribution in [0.5, 0.6) is 11.5 Å². The maximum atomic E-state index is 14.1. The highest BCUT2D eigenvalue weighted by Gasteiger charge is 2.45. The average molecular weight is 700 g/mol. The van der Waals surface area contributed by atoms with Gasteiger partial charge in [0.2, 0.25) is 11.8 Å². The first-order chi connectivity index (χ1) is 24.4. The summed E-state index contributed by atoms with van der Waals surface area (Å²) < 4.78 is 21.7. The molecule has 2 aliphatic rings. The molecule has 0 saturated carbocycles. The van der Waals surface area contributed by atoms with Crippen LogP contribution in [-0.2, 0) is 47.9 Å². The Morgan fingerprint density at radius 3 is 2.33 bits per heavy atom. The zero-order valence-corrected chi connectivity index (χ0v) is 29.4. The number of nitrogens with zero attached hydrogens (tertiary/aromatic N) is 1. The number of hydrogen-bond acceptors (Lipinski definition) is 9. The van der Waals surface area contributed by atoms with E-state index >= 15 is 0 Å². The van der Waals surface area contributed by atoms with Crippen LogP contribution >= 0.6 is 0 Å². The summed E-state index contributed by atoms with van der Waals surface area (Å²) in [4.78, 5) is 68.8. The summed E-state index contributed by atoms with van der Waals surface area (Å²) in [6.07, 6.45) is 1.16. The number of para-hydroxylation sites is 1. The van der Waals surface area contributed by atoms with Crippen molar-refractivity contribution in [2.45, 2.75) is 83.0 Å². The molecule has 3 aromatic carbocycles. The Bertz CT molecular complexity index is 1720. The van der Waals surface area contributed by atoms with Crippen molar-refractivity contribution in [3.05, 3.63) is 89.5 Å². The van der Waals surface area contributed by atoms with Crippen molar-refractivity contribution in [2.24, 2.45) is 0 Å². The predicted octanol–water partition coefficient (Wildman–Crippen LogP) is 4.49. The highest BCUT2D eigenvalue weighted by molar-refractivity contribution is 6.08. The lowest BCUT2D eigenvalue weighted by atomic mass is 10.0. The average Bonchev–Trinajstić information content (AvgIpc) is 3.43. The highest BCUT2D eigenvalue weighted by atomic mass is 16.6. The van der Waals surface area contributed by atoms with Crippen molar-refractivity contribution in [2.75, 3.05) is 25.2 Å². The number of carbonyl (C=O) groups is 5. The second kappa shape index (κ2) is 16.7. The third kappa shape index (κ3) is 9.94. The van der Waals surface area contributed by atoms with Crippen LogP contribution in [0.1, 0.15) is 56.7 Å². The predicted molar refractivity (Wildman–Crippen MR) is 189 cm³/mol. The molecule has 270 valence electrons. The van der Waals surface area contributed by atoms with Crippen molar-refractivity contribution >= 4 is 35.3 Å². The van der Waals surface area contributed by atoms with Crippen molar-refractivity contribution in [1.82, 2.24) is 10.6 Å². The quantitative estimate of drug-likeness (QED) is 0.183. The van der Waals surface area contributed by atoms with Gasteiger partial charge in [-0.05, 0) is 87.4 Å². The number of anilines is 1. The first-order valence-corrected chi connectivity index (χ1v) is 17.1. The molecule has 3 unspecified atom stereocenters. The Morgan fingerprint density at radius 2 is 1.63 bits per heavy atom. The van der Waals surface area contributed by atoms with Gasteiger partial charge < -0.3 is 29.6 Å². The number of esters is 1. The molecular weight excluding hydrogens is 654 g/mol. The second-order valence-corrected chi connectivity index (χ2v) is 13.6. The number of carbonyl (C=O) groups excluding carboxylic acids is 5. The lowest BCUT2D eigenvalue weighted by molar-refractivity contribution is -0.156. The minimum Gasteiger partial charge on any atom is -0.497 e. The van der Waals surface area contributed by atoms with Crippen LogP contribution in [0.15, 0.2) is 72.8 Å².